The first-order valence-corrected chi connectivity index (χ1v) is 9.54. The Kier molecular flexibility index (Phi) is 2.68. The molecule has 0 nitrogen and oxygen atoms in total. The van der Waals surface area contributed by atoms with Crippen molar-refractivity contribution in [3.05, 3.63) is 112 Å². The molecule has 1 atom stereocenters. The lowest BCUT2D eigenvalue weighted by Gasteiger charge is -2.31. The minimum Gasteiger partial charge on any atom is -0.0788 e. The van der Waals surface area contributed by atoms with Gasteiger partial charge >= 0.3 is 0 Å². The summed E-state index contributed by atoms with van der Waals surface area (Å²) in [6, 6.07) is 24.9. The van der Waals surface area contributed by atoms with Gasteiger partial charge in [-0.1, -0.05) is 78.9 Å². The van der Waals surface area contributed by atoms with Crippen molar-refractivity contribution in [3.63, 3.8) is 0 Å². The largest absolute Gasteiger partial charge is 0.0788 e. The maximum absolute atomic E-state index is 2.50. The van der Waals surface area contributed by atoms with E-state index in [4.69, 9.17) is 0 Å². The van der Waals surface area contributed by atoms with Crippen LogP contribution in [0.3, 0.4) is 0 Å². The third-order valence-electron chi connectivity index (χ3n) is 6.46. The number of rotatable bonds is 0. The van der Waals surface area contributed by atoms with Crippen LogP contribution in [-0.4, -0.2) is 0 Å². The number of hydrogen-bond acceptors (Lipinski definition) is 0. The van der Waals surface area contributed by atoms with Crippen molar-refractivity contribution >= 4 is 5.57 Å². The van der Waals surface area contributed by atoms with Crippen molar-refractivity contribution in [1.29, 1.82) is 0 Å². The van der Waals surface area contributed by atoms with Gasteiger partial charge in [-0.2, -0.15) is 0 Å². The standard InChI is InChI=1S/C26H20/c1-17-9-8-16-24-25(17)20-12-4-7-15-23(20)26(24)21-13-5-2-10-18(21)19-11-3-6-14-22(19)26/h2,4-5,7-16H,3,6H2,1H3. The highest BCUT2D eigenvalue weighted by molar-refractivity contribution is 6.00. The van der Waals surface area contributed by atoms with Gasteiger partial charge in [-0.3, -0.25) is 0 Å². The van der Waals surface area contributed by atoms with E-state index < -0.39 is 0 Å². The third kappa shape index (κ3) is 1.48. The summed E-state index contributed by atoms with van der Waals surface area (Å²) in [5.74, 6) is 0. The van der Waals surface area contributed by atoms with Crippen LogP contribution in [0.4, 0.5) is 0 Å². The van der Waals surface area contributed by atoms with E-state index in [1.54, 1.807) is 0 Å². The van der Waals surface area contributed by atoms with Gasteiger partial charge in [0.15, 0.2) is 0 Å². The van der Waals surface area contributed by atoms with Crippen molar-refractivity contribution in [3.8, 4) is 11.1 Å². The van der Waals surface area contributed by atoms with E-state index in [2.05, 4.69) is 85.8 Å². The number of hydrogen-bond donors (Lipinski definition) is 0. The Hall–Kier alpha value is -2.86. The van der Waals surface area contributed by atoms with Crippen LogP contribution in [0.15, 0.2) is 84.5 Å². The van der Waals surface area contributed by atoms with Gasteiger partial charge < -0.3 is 0 Å². The summed E-state index contributed by atoms with van der Waals surface area (Å²) < 4.78 is 0. The topological polar surface area (TPSA) is 0 Å². The van der Waals surface area contributed by atoms with Crippen LogP contribution in [-0.2, 0) is 5.41 Å². The van der Waals surface area contributed by atoms with Gasteiger partial charge in [0.05, 0.1) is 5.41 Å². The fourth-order valence-electron chi connectivity index (χ4n) is 5.57. The van der Waals surface area contributed by atoms with Crippen molar-refractivity contribution in [2.75, 3.05) is 0 Å². The lowest BCUT2D eigenvalue weighted by Crippen LogP contribution is -2.26. The molecule has 0 amide bonds. The Morgan fingerprint density at radius 1 is 0.654 bits per heavy atom. The number of fused-ring (bicyclic) bond motifs is 10. The number of allylic oxidation sites excluding steroid dienone is 4. The summed E-state index contributed by atoms with van der Waals surface area (Å²) in [6.45, 7) is 2.25. The molecule has 0 radical (unpaired) electrons. The van der Waals surface area contributed by atoms with E-state index >= 15 is 0 Å². The maximum atomic E-state index is 2.50. The van der Waals surface area contributed by atoms with E-state index in [0.717, 1.165) is 12.8 Å². The zero-order valence-electron chi connectivity index (χ0n) is 14.9. The van der Waals surface area contributed by atoms with Gasteiger partial charge in [-0.15, -0.1) is 0 Å². The van der Waals surface area contributed by atoms with Crippen molar-refractivity contribution in [1.82, 2.24) is 0 Å². The third-order valence-corrected chi connectivity index (χ3v) is 6.46. The van der Waals surface area contributed by atoms with Gasteiger partial charge in [0.25, 0.3) is 0 Å². The predicted octanol–water partition coefficient (Wildman–Crippen LogP) is 6.43. The first-order chi connectivity index (χ1) is 12.8. The van der Waals surface area contributed by atoms with Crippen molar-refractivity contribution < 1.29 is 0 Å². The summed E-state index contributed by atoms with van der Waals surface area (Å²) in [6.07, 6.45) is 7.24. The maximum Gasteiger partial charge on any atom is 0.0722 e. The molecular formula is C26H20. The summed E-state index contributed by atoms with van der Waals surface area (Å²) in [4.78, 5) is 0. The second kappa shape index (κ2) is 4.86. The monoisotopic (exact) mass is 332 g/mol. The molecular weight excluding hydrogens is 312 g/mol. The Labute approximate surface area is 154 Å². The molecule has 0 bridgehead atoms. The van der Waals surface area contributed by atoms with Gasteiger partial charge in [0, 0.05) is 0 Å². The molecule has 26 heavy (non-hydrogen) atoms. The molecule has 1 spiro atoms. The van der Waals surface area contributed by atoms with Crippen LogP contribution < -0.4 is 0 Å². The fraction of sp³-hybridized carbons (Fsp3) is 0.154. The Bertz CT molecular complexity index is 1140. The van der Waals surface area contributed by atoms with Crippen LogP contribution >= 0.6 is 0 Å². The smallest absolute Gasteiger partial charge is 0.0722 e. The van der Waals surface area contributed by atoms with Gasteiger partial charge in [0.2, 0.25) is 0 Å². The van der Waals surface area contributed by atoms with Gasteiger partial charge in [-0.05, 0) is 69.9 Å². The minimum absolute atomic E-state index is 0.138. The molecule has 1 unspecified atom stereocenters. The SMILES string of the molecule is Cc1cccc2c1-c1ccccc1C21C2=CCCC=C2c2ccccc21. The lowest BCUT2D eigenvalue weighted by molar-refractivity contribution is 0.781. The lowest BCUT2D eigenvalue weighted by atomic mass is 9.69. The number of aryl methyl sites for hydroxylation is 1. The Morgan fingerprint density at radius 3 is 2.15 bits per heavy atom. The molecule has 3 aliphatic carbocycles. The molecule has 0 saturated heterocycles. The number of benzene rings is 3. The molecule has 0 aromatic heterocycles. The Balaban J connectivity index is 1.86. The van der Waals surface area contributed by atoms with E-state index in [1.165, 1.54) is 50.1 Å². The van der Waals surface area contributed by atoms with E-state index in [-0.39, 0.29) is 5.41 Å². The summed E-state index contributed by atoms with van der Waals surface area (Å²) >= 11 is 0. The average molecular weight is 332 g/mol. The zero-order chi connectivity index (χ0) is 17.3. The molecule has 0 N–H and O–H groups in total. The molecule has 124 valence electrons. The second-order valence-electron chi connectivity index (χ2n) is 7.65. The van der Waals surface area contributed by atoms with Gasteiger partial charge in [-0.25, -0.2) is 0 Å². The first-order valence-electron chi connectivity index (χ1n) is 9.54. The van der Waals surface area contributed by atoms with E-state index in [0.29, 0.717) is 0 Å². The van der Waals surface area contributed by atoms with E-state index in [9.17, 15) is 0 Å². The Morgan fingerprint density at radius 2 is 1.31 bits per heavy atom. The predicted molar refractivity (Wildman–Crippen MR) is 108 cm³/mol. The molecule has 0 heteroatoms. The molecule has 3 aromatic rings. The highest BCUT2D eigenvalue weighted by Crippen LogP contribution is 2.64. The molecule has 3 aliphatic rings. The average Bonchev–Trinajstić information content (AvgIpc) is 3.16. The first kappa shape index (κ1) is 14.3. The highest BCUT2D eigenvalue weighted by Gasteiger charge is 2.53. The van der Waals surface area contributed by atoms with E-state index in [1.807, 2.05) is 0 Å². The highest BCUT2D eigenvalue weighted by atomic mass is 14.5. The van der Waals surface area contributed by atoms with Crippen LogP contribution in [0.5, 0.6) is 0 Å². The van der Waals surface area contributed by atoms with Crippen LogP contribution in [0, 0.1) is 6.92 Å². The van der Waals surface area contributed by atoms with Crippen LogP contribution in [0.2, 0.25) is 0 Å². The zero-order valence-corrected chi connectivity index (χ0v) is 14.9. The second-order valence-corrected chi connectivity index (χ2v) is 7.65. The molecule has 6 rings (SSSR count). The van der Waals surface area contributed by atoms with Crippen LogP contribution in [0.25, 0.3) is 16.7 Å². The van der Waals surface area contributed by atoms with Crippen molar-refractivity contribution in [2.24, 2.45) is 0 Å². The van der Waals surface area contributed by atoms with Gasteiger partial charge in [0.1, 0.15) is 0 Å². The molecule has 0 aliphatic heterocycles. The summed E-state index contributed by atoms with van der Waals surface area (Å²) in [5, 5.41) is 0. The normalized spacial score (nSPS) is 21.6. The minimum atomic E-state index is -0.138. The molecule has 0 saturated carbocycles. The molecule has 0 heterocycles. The van der Waals surface area contributed by atoms with Crippen LogP contribution in [0.1, 0.15) is 40.7 Å². The molecule has 0 fully saturated rings. The summed E-state index contributed by atoms with van der Waals surface area (Å²) in [5.41, 5.74) is 12.8. The van der Waals surface area contributed by atoms with Crippen molar-refractivity contribution in [2.45, 2.75) is 25.2 Å². The fourth-order valence-corrected chi connectivity index (χ4v) is 5.57. The quantitative estimate of drug-likeness (QED) is 0.445. The molecule has 3 aromatic carbocycles. The summed E-state index contributed by atoms with van der Waals surface area (Å²) in [7, 11) is 0.